The highest BCUT2D eigenvalue weighted by molar-refractivity contribution is 7.94. The van der Waals surface area contributed by atoms with Gasteiger partial charge in [0.1, 0.15) is 6.04 Å². The molecule has 0 aromatic heterocycles. The van der Waals surface area contributed by atoms with Gasteiger partial charge in [-0.05, 0) is 49.3 Å². The number of benzene rings is 2. The molecular weight excluding hydrogens is 502 g/mol. The summed E-state index contributed by atoms with van der Waals surface area (Å²) in [4.78, 5) is 28.1. The van der Waals surface area contributed by atoms with Crippen LogP contribution < -0.4 is 10.6 Å². The number of urea groups is 1. The third-order valence-corrected chi connectivity index (χ3v) is 7.87. The fourth-order valence-electron chi connectivity index (χ4n) is 4.13. The first kappa shape index (κ1) is 29.4. The van der Waals surface area contributed by atoms with Crippen LogP contribution in [-0.4, -0.2) is 63.6 Å². The summed E-state index contributed by atoms with van der Waals surface area (Å²) in [6.07, 6.45) is 3.93. The number of carbonyl (C=O) groups excluding carboxylic acids is 2. The lowest BCUT2D eigenvalue weighted by molar-refractivity contribution is -0.123. The van der Waals surface area contributed by atoms with Gasteiger partial charge in [-0.2, -0.15) is 0 Å². The third-order valence-electron chi connectivity index (χ3n) is 6.42. The first-order valence-electron chi connectivity index (χ1n) is 13.2. The van der Waals surface area contributed by atoms with E-state index in [1.807, 2.05) is 30.3 Å². The maximum absolute atomic E-state index is 13.4. The second-order valence-corrected chi connectivity index (χ2v) is 11.7. The number of amides is 3. The van der Waals surface area contributed by atoms with Crippen molar-refractivity contribution in [1.82, 2.24) is 15.5 Å². The molecular formula is C29H39N3O5S. The molecule has 8 nitrogen and oxygen atoms in total. The molecule has 0 radical (unpaired) electrons. The highest BCUT2D eigenvalue weighted by Gasteiger charge is 2.26. The summed E-state index contributed by atoms with van der Waals surface area (Å²) in [5.74, 6) is 0.0301. The first-order chi connectivity index (χ1) is 18.2. The van der Waals surface area contributed by atoms with E-state index in [4.69, 9.17) is 4.74 Å². The molecule has 1 aliphatic rings. The van der Waals surface area contributed by atoms with Crippen LogP contribution in [0.1, 0.15) is 38.7 Å². The minimum Gasteiger partial charge on any atom is -0.378 e. The van der Waals surface area contributed by atoms with Gasteiger partial charge in [0.2, 0.25) is 5.91 Å². The number of ether oxygens (including phenoxy) is 1. The van der Waals surface area contributed by atoms with Crippen molar-refractivity contribution < 1.29 is 22.7 Å². The number of morpholine rings is 1. The molecule has 1 aliphatic heterocycles. The molecule has 3 amide bonds. The molecule has 2 aromatic carbocycles. The minimum atomic E-state index is -3.67. The van der Waals surface area contributed by atoms with E-state index in [-0.39, 0.29) is 16.8 Å². The van der Waals surface area contributed by atoms with Crippen molar-refractivity contribution in [3.8, 4) is 0 Å². The van der Waals surface area contributed by atoms with Crippen LogP contribution in [0.5, 0.6) is 0 Å². The van der Waals surface area contributed by atoms with Crippen molar-refractivity contribution in [3.63, 3.8) is 0 Å². The van der Waals surface area contributed by atoms with Crippen LogP contribution in [0, 0.1) is 5.92 Å². The van der Waals surface area contributed by atoms with Gasteiger partial charge in [-0.1, -0.05) is 68.5 Å². The van der Waals surface area contributed by atoms with Gasteiger partial charge in [-0.15, -0.1) is 0 Å². The third kappa shape index (κ3) is 9.61. The molecule has 1 saturated heterocycles. The standard InChI is InChI=1S/C29H39N3O5S/c1-23(2)13-16-27(31-29(34)32-18-20-37-21-19-32)28(33)30-25(15-14-24-9-5-3-6-10-24)17-22-38(35,36)26-11-7-4-8-12-26/h3-12,17,22-23,25,27H,13-16,18-21H2,1-2H3,(H,30,33)(H,31,34)/b22-17+/t25-,27-/m0/s1. The fraction of sp³-hybridized carbons (Fsp3) is 0.448. The molecule has 1 heterocycles. The number of rotatable bonds is 12. The van der Waals surface area contributed by atoms with E-state index in [0.29, 0.717) is 51.5 Å². The van der Waals surface area contributed by atoms with Crippen LogP contribution in [-0.2, 0) is 25.8 Å². The molecule has 38 heavy (non-hydrogen) atoms. The van der Waals surface area contributed by atoms with E-state index in [0.717, 1.165) is 17.4 Å². The Labute approximate surface area is 226 Å². The van der Waals surface area contributed by atoms with Gasteiger partial charge in [0.25, 0.3) is 0 Å². The van der Waals surface area contributed by atoms with Gasteiger partial charge >= 0.3 is 6.03 Å². The minimum absolute atomic E-state index is 0.192. The van der Waals surface area contributed by atoms with Gasteiger partial charge in [-0.25, -0.2) is 13.2 Å². The molecule has 2 aromatic rings. The molecule has 2 N–H and O–H groups in total. The number of aryl methyl sites for hydroxylation is 1. The molecule has 1 fully saturated rings. The zero-order valence-electron chi connectivity index (χ0n) is 22.2. The van der Waals surface area contributed by atoms with Gasteiger partial charge in [-0.3, -0.25) is 4.79 Å². The van der Waals surface area contributed by atoms with E-state index in [1.54, 1.807) is 35.2 Å². The number of sulfone groups is 1. The normalized spacial score (nSPS) is 15.8. The zero-order chi connectivity index (χ0) is 27.4. The predicted octanol–water partition coefficient (Wildman–Crippen LogP) is 3.94. The smallest absolute Gasteiger partial charge is 0.318 e. The van der Waals surface area contributed by atoms with Crippen LogP contribution >= 0.6 is 0 Å². The summed E-state index contributed by atoms with van der Waals surface area (Å²) < 4.78 is 31.0. The molecule has 2 atom stereocenters. The Morgan fingerprint density at radius 1 is 0.921 bits per heavy atom. The quantitative estimate of drug-likeness (QED) is 0.424. The second-order valence-electron chi connectivity index (χ2n) is 9.90. The molecule has 0 bridgehead atoms. The van der Waals surface area contributed by atoms with Crippen molar-refractivity contribution in [2.24, 2.45) is 5.92 Å². The van der Waals surface area contributed by atoms with Crippen LogP contribution in [0.4, 0.5) is 4.79 Å². The Balaban J connectivity index is 1.75. The van der Waals surface area contributed by atoms with Crippen molar-refractivity contribution in [2.75, 3.05) is 26.3 Å². The summed E-state index contributed by atoms with van der Waals surface area (Å²) in [5, 5.41) is 7.05. The van der Waals surface area contributed by atoms with Crippen LogP contribution in [0.25, 0.3) is 0 Å². The van der Waals surface area contributed by atoms with E-state index in [9.17, 15) is 18.0 Å². The number of hydrogen-bond donors (Lipinski definition) is 2. The van der Waals surface area contributed by atoms with Gasteiger partial charge in [0.15, 0.2) is 9.84 Å². The summed E-state index contributed by atoms with van der Waals surface area (Å²) in [7, 11) is -3.67. The number of nitrogens with zero attached hydrogens (tertiary/aromatic N) is 1. The van der Waals surface area contributed by atoms with Gasteiger partial charge < -0.3 is 20.3 Å². The summed E-state index contributed by atoms with van der Waals surface area (Å²) in [5.41, 5.74) is 1.09. The topological polar surface area (TPSA) is 105 Å². The highest BCUT2D eigenvalue weighted by Crippen LogP contribution is 2.14. The summed E-state index contributed by atoms with van der Waals surface area (Å²) in [6.45, 7) is 6.03. The monoisotopic (exact) mass is 541 g/mol. The van der Waals surface area contributed by atoms with Crippen molar-refractivity contribution >= 4 is 21.8 Å². The molecule has 0 unspecified atom stereocenters. The van der Waals surface area contributed by atoms with Crippen molar-refractivity contribution in [3.05, 3.63) is 77.7 Å². The summed E-state index contributed by atoms with van der Waals surface area (Å²) in [6, 6.07) is 16.4. The van der Waals surface area contributed by atoms with Gasteiger partial charge in [0.05, 0.1) is 18.1 Å². The first-order valence-corrected chi connectivity index (χ1v) is 14.7. The Morgan fingerprint density at radius 2 is 1.55 bits per heavy atom. The molecule has 206 valence electrons. The number of nitrogens with one attached hydrogen (secondary N) is 2. The molecule has 0 spiro atoms. The van der Waals surface area contributed by atoms with Crippen molar-refractivity contribution in [1.29, 1.82) is 0 Å². The van der Waals surface area contributed by atoms with Crippen molar-refractivity contribution in [2.45, 2.75) is 56.5 Å². The lowest BCUT2D eigenvalue weighted by Gasteiger charge is -2.29. The molecule has 0 saturated carbocycles. The van der Waals surface area contributed by atoms with Crippen LogP contribution in [0.15, 0.2) is 77.0 Å². The highest BCUT2D eigenvalue weighted by atomic mass is 32.2. The average Bonchev–Trinajstić information content (AvgIpc) is 2.93. The molecule has 0 aliphatic carbocycles. The SMILES string of the molecule is CC(C)CC[C@H](NC(=O)N1CCOCC1)C(=O)N[C@H](/C=C/S(=O)(=O)c1ccccc1)CCc1ccccc1. The van der Waals surface area contributed by atoms with E-state index >= 15 is 0 Å². The Morgan fingerprint density at radius 3 is 2.18 bits per heavy atom. The average molecular weight is 542 g/mol. The van der Waals surface area contributed by atoms with Crippen LogP contribution in [0.2, 0.25) is 0 Å². The van der Waals surface area contributed by atoms with E-state index in [2.05, 4.69) is 24.5 Å². The zero-order valence-corrected chi connectivity index (χ0v) is 23.0. The largest absolute Gasteiger partial charge is 0.378 e. The Hall–Kier alpha value is -3.17. The van der Waals surface area contributed by atoms with E-state index < -0.39 is 21.9 Å². The summed E-state index contributed by atoms with van der Waals surface area (Å²) >= 11 is 0. The van der Waals surface area contributed by atoms with E-state index in [1.165, 1.54) is 6.08 Å². The molecule has 3 rings (SSSR count). The second kappa shape index (κ2) is 14.7. The fourth-order valence-corrected chi connectivity index (χ4v) is 5.22. The maximum Gasteiger partial charge on any atom is 0.318 e. The maximum atomic E-state index is 13.4. The Bertz CT molecular complexity index is 1150. The predicted molar refractivity (Wildman–Crippen MR) is 148 cm³/mol. The lowest BCUT2D eigenvalue weighted by Crippen LogP contribution is -2.54. The Kier molecular flexibility index (Phi) is 11.4. The van der Waals surface area contributed by atoms with Crippen LogP contribution in [0.3, 0.4) is 0 Å². The lowest BCUT2D eigenvalue weighted by atomic mass is 10.0. The van der Waals surface area contributed by atoms with Gasteiger partial charge in [0, 0.05) is 24.5 Å². The number of carbonyl (C=O) groups is 2. The molecule has 9 heteroatoms. The number of hydrogen-bond acceptors (Lipinski definition) is 5.